The standard InChI is InChI=1S/C23H25N3O/c27-22(25-16-23(12-13-23)17-26-15-14-24-18-26)11-8-19-6-9-21(10-7-19)20-4-2-1-3-5-20/h1-7,9-10,14-15,18H,8,11-13,16-17H2,(H,25,27). The van der Waals surface area contributed by atoms with Crippen molar-refractivity contribution in [2.75, 3.05) is 6.54 Å². The molecule has 1 aliphatic rings. The zero-order valence-corrected chi connectivity index (χ0v) is 15.5. The third-order valence-corrected chi connectivity index (χ3v) is 5.40. The van der Waals surface area contributed by atoms with Gasteiger partial charge in [0.05, 0.1) is 6.33 Å². The van der Waals surface area contributed by atoms with Crippen LogP contribution in [0.4, 0.5) is 0 Å². The molecule has 4 rings (SSSR count). The number of carbonyl (C=O) groups is 1. The van der Waals surface area contributed by atoms with E-state index in [-0.39, 0.29) is 11.3 Å². The van der Waals surface area contributed by atoms with E-state index < -0.39 is 0 Å². The van der Waals surface area contributed by atoms with E-state index in [1.165, 1.54) is 29.5 Å². The van der Waals surface area contributed by atoms with E-state index in [2.05, 4.69) is 51.3 Å². The summed E-state index contributed by atoms with van der Waals surface area (Å²) in [6.07, 6.45) is 9.29. The SMILES string of the molecule is O=C(CCc1ccc(-c2ccccc2)cc1)NCC1(Cn2ccnc2)CC1. The number of aryl methyl sites for hydroxylation is 1. The zero-order chi connectivity index (χ0) is 18.5. The van der Waals surface area contributed by atoms with Crippen LogP contribution in [0.25, 0.3) is 11.1 Å². The maximum atomic E-state index is 12.3. The minimum Gasteiger partial charge on any atom is -0.355 e. The van der Waals surface area contributed by atoms with Crippen molar-refractivity contribution in [3.63, 3.8) is 0 Å². The Morgan fingerprint density at radius 3 is 2.44 bits per heavy atom. The second-order valence-electron chi connectivity index (χ2n) is 7.57. The van der Waals surface area contributed by atoms with Gasteiger partial charge >= 0.3 is 0 Å². The lowest BCUT2D eigenvalue weighted by Crippen LogP contribution is -2.32. The van der Waals surface area contributed by atoms with E-state index in [0.29, 0.717) is 6.42 Å². The van der Waals surface area contributed by atoms with E-state index in [4.69, 9.17) is 0 Å². The van der Waals surface area contributed by atoms with Crippen LogP contribution in [0, 0.1) is 5.41 Å². The van der Waals surface area contributed by atoms with E-state index in [1.807, 2.05) is 30.7 Å². The molecule has 0 aliphatic heterocycles. The molecule has 3 aromatic rings. The summed E-state index contributed by atoms with van der Waals surface area (Å²) in [6.45, 7) is 1.70. The third-order valence-electron chi connectivity index (χ3n) is 5.40. The van der Waals surface area contributed by atoms with Gasteiger partial charge in [0.2, 0.25) is 5.91 Å². The Morgan fingerprint density at radius 2 is 1.78 bits per heavy atom. The van der Waals surface area contributed by atoms with Gasteiger partial charge in [0.1, 0.15) is 0 Å². The molecule has 0 bridgehead atoms. The number of nitrogens with one attached hydrogen (secondary N) is 1. The molecular weight excluding hydrogens is 334 g/mol. The predicted molar refractivity (Wildman–Crippen MR) is 107 cm³/mol. The average molecular weight is 359 g/mol. The number of nitrogens with zero attached hydrogens (tertiary/aromatic N) is 2. The molecule has 0 atom stereocenters. The Kier molecular flexibility index (Phi) is 5.05. The summed E-state index contributed by atoms with van der Waals surface area (Å²) in [5.74, 6) is 0.138. The average Bonchev–Trinajstić information content (AvgIpc) is 3.29. The normalized spacial score (nSPS) is 14.7. The van der Waals surface area contributed by atoms with Gasteiger partial charge in [-0.2, -0.15) is 0 Å². The fourth-order valence-electron chi connectivity index (χ4n) is 3.46. The molecule has 0 unspecified atom stereocenters. The van der Waals surface area contributed by atoms with Crippen LogP contribution >= 0.6 is 0 Å². The van der Waals surface area contributed by atoms with Gasteiger partial charge in [-0.3, -0.25) is 4.79 Å². The fourth-order valence-corrected chi connectivity index (χ4v) is 3.46. The first-order valence-electron chi connectivity index (χ1n) is 9.59. The van der Waals surface area contributed by atoms with Crippen LogP contribution in [0.2, 0.25) is 0 Å². The van der Waals surface area contributed by atoms with E-state index >= 15 is 0 Å². The lowest BCUT2D eigenvalue weighted by molar-refractivity contribution is -0.121. The smallest absolute Gasteiger partial charge is 0.220 e. The number of amides is 1. The molecule has 1 heterocycles. The molecule has 1 saturated carbocycles. The molecule has 0 saturated heterocycles. The second kappa shape index (κ2) is 7.78. The maximum absolute atomic E-state index is 12.3. The summed E-state index contributed by atoms with van der Waals surface area (Å²) in [5, 5.41) is 3.13. The Morgan fingerprint density at radius 1 is 1.04 bits per heavy atom. The quantitative estimate of drug-likeness (QED) is 0.659. The summed E-state index contributed by atoms with van der Waals surface area (Å²) in [4.78, 5) is 16.3. The number of imidazole rings is 1. The number of hydrogen-bond acceptors (Lipinski definition) is 2. The number of rotatable bonds is 8. The van der Waals surface area contributed by atoms with Gasteiger partial charge in [-0.25, -0.2) is 4.98 Å². The third kappa shape index (κ3) is 4.64. The fraction of sp³-hybridized carbons (Fsp3) is 0.304. The topological polar surface area (TPSA) is 46.9 Å². The van der Waals surface area contributed by atoms with Gasteiger partial charge in [-0.15, -0.1) is 0 Å². The molecule has 2 aromatic carbocycles. The number of hydrogen-bond donors (Lipinski definition) is 1. The minimum atomic E-state index is 0.138. The molecule has 4 nitrogen and oxygen atoms in total. The number of benzene rings is 2. The second-order valence-corrected chi connectivity index (χ2v) is 7.57. The van der Waals surface area contributed by atoms with Crippen LogP contribution < -0.4 is 5.32 Å². The molecule has 1 N–H and O–H groups in total. The molecule has 1 aromatic heterocycles. The van der Waals surface area contributed by atoms with Crippen LogP contribution in [-0.4, -0.2) is 22.0 Å². The molecule has 4 heteroatoms. The van der Waals surface area contributed by atoms with Gasteiger partial charge < -0.3 is 9.88 Å². The van der Waals surface area contributed by atoms with Crippen molar-refractivity contribution < 1.29 is 4.79 Å². The van der Waals surface area contributed by atoms with Crippen LogP contribution in [0.1, 0.15) is 24.8 Å². The van der Waals surface area contributed by atoms with Crippen molar-refractivity contribution in [2.24, 2.45) is 5.41 Å². The van der Waals surface area contributed by atoms with Gasteiger partial charge in [0, 0.05) is 37.3 Å². The van der Waals surface area contributed by atoms with Gasteiger partial charge in [-0.05, 0) is 36.0 Å². The van der Waals surface area contributed by atoms with Crippen molar-refractivity contribution in [1.82, 2.24) is 14.9 Å². The van der Waals surface area contributed by atoms with Crippen molar-refractivity contribution >= 4 is 5.91 Å². The van der Waals surface area contributed by atoms with Gasteiger partial charge in [0.15, 0.2) is 0 Å². The van der Waals surface area contributed by atoms with Crippen LogP contribution in [0.3, 0.4) is 0 Å². The maximum Gasteiger partial charge on any atom is 0.220 e. The largest absolute Gasteiger partial charge is 0.355 e. The van der Waals surface area contributed by atoms with Crippen molar-refractivity contribution in [1.29, 1.82) is 0 Å². The Hall–Kier alpha value is -2.88. The molecule has 27 heavy (non-hydrogen) atoms. The van der Waals surface area contributed by atoms with Crippen LogP contribution in [0.15, 0.2) is 73.3 Å². The van der Waals surface area contributed by atoms with Gasteiger partial charge in [0.25, 0.3) is 0 Å². The lowest BCUT2D eigenvalue weighted by atomic mass is 10.0. The molecule has 1 amide bonds. The molecule has 0 spiro atoms. The number of aromatic nitrogens is 2. The first-order valence-corrected chi connectivity index (χ1v) is 9.59. The highest BCUT2D eigenvalue weighted by molar-refractivity contribution is 5.76. The number of carbonyl (C=O) groups excluding carboxylic acids is 1. The monoisotopic (exact) mass is 359 g/mol. The highest BCUT2D eigenvalue weighted by Gasteiger charge is 2.42. The zero-order valence-electron chi connectivity index (χ0n) is 15.5. The molecule has 1 aliphatic carbocycles. The summed E-state index contributed by atoms with van der Waals surface area (Å²) in [7, 11) is 0. The predicted octanol–water partition coefficient (Wildman–Crippen LogP) is 4.08. The van der Waals surface area contributed by atoms with Crippen LogP contribution in [-0.2, 0) is 17.8 Å². The van der Waals surface area contributed by atoms with Crippen LogP contribution in [0.5, 0.6) is 0 Å². The first-order chi connectivity index (χ1) is 13.2. The minimum absolute atomic E-state index is 0.138. The molecule has 0 radical (unpaired) electrons. The highest BCUT2D eigenvalue weighted by Crippen LogP contribution is 2.46. The highest BCUT2D eigenvalue weighted by atomic mass is 16.1. The van der Waals surface area contributed by atoms with E-state index in [1.54, 1.807) is 6.20 Å². The van der Waals surface area contributed by atoms with Crippen molar-refractivity contribution in [3.8, 4) is 11.1 Å². The summed E-state index contributed by atoms with van der Waals surface area (Å²) >= 11 is 0. The molecular formula is C23H25N3O. The Balaban J connectivity index is 1.23. The van der Waals surface area contributed by atoms with E-state index in [9.17, 15) is 4.79 Å². The van der Waals surface area contributed by atoms with Crippen molar-refractivity contribution in [3.05, 3.63) is 78.9 Å². The molecule has 138 valence electrons. The summed E-state index contributed by atoms with van der Waals surface area (Å²) < 4.78 is 2.10. The molecule has 1 fully saturated rings. The van der Waals surface area contributed by atoms with E-state index in [0.717, 1.165) is 19.5 Å². The summed E-state index contributed by atoms with van der Waals surface area (Å²) in [5.41, 5.74) is 3.85. The lowest BCUT2D eigenvalue weighted by Gasteiger charge is -2.16. The van der Waals surface area contributed by atoms with Crippen molar-refractivity contribution in [2.45, 2.75) is 32.2 Å². The Bertz CT molecular complexity index is 866. The first kappa shape index (κ1) is 17.5. The Labute approximate surface area is 160 Å². The summed E-state index contributed by atoms with van der Waals surface area (Å²) in [6, 6.07) is 18.9. The van der Waals surface area contributed by atoms with Gasteiger partial charge in [-0.1, -0.05) is 54.6 Å².